The van der Waals surface area contributed by atoms with E-state index in [0.717, 1.165) is 17.1 Å². The molecule has 20 heavy (non-hydrogen) atoms. The Labute approximate surface area is 122 Å². The fourth-order valence-corrected chi connectivity index (χ4v) is 2.79. The molecule has 1 N–H and O–H groups in total. The molecule has 4 nitrogen and oxygen atoms in total. The summed E-state index contributed by atoms with van der Waals surface area (Å²) in [7, 11) is -0.812. The first-order valence-electron chi connectivity index (χ1n) is 6.71. The zero-order valence-corrected chi connectivity index (χ0v) is 13.0. The van der Waals surface area contributed by atoms with Crippen LogP contribution in [0, 0.1) is 0 Å². The van der Waals surface area contributed by atoms with Crippen molar-refractivity contribution >= 4 is 16.5 Å². The van der Waals surface area contributed by atoms with Crippen molar-refractivity contribution in [3.05, 3.63) is 48.0 Å². The van der Waals surface area contributed by atoms with Gasteiger partial charge in [-0.15, -0.1) is 0 Å². The summed E-state index contributed by atoms with van der Waals surface area (Å²) < 4.78 is 13.4. The number of nitrogens with one attached hydrogen (secondary N) is 1. The lowest BCUT2D eigenvalue weighted by atomic mass is 10.2. The summed E-state index contributed by atoms with van der Waals surface area (Å²) >= 11 is 0. The molecule has 0 fully saturated rings. The first-order valence-corrected chi connectivity index (χ1v) is 8.43. The minimum absolute atomic E-state index is 0.406. The lowest BCUT2D eigenvalue weighted by Gasteiger charge is -2.13. The van der Waals surface area contributed by atoms with E-state index in [9.17, 15) is 4.21 Å². The number of aromatic nitrogens is 2. The summed E-state index contributed by atoms with van der Waals surface area (Å²) in [6, 6.07) is 8.46. The molecule has 0 saturated carbocycles. The van der Waals surface area contributed by atoms with Crippen molar-refractivity contribution in [2.45, 2.75) is 32.2 Å². The number of rotatable bonds is 6. The summed E-state index contributed by atoms with van der Waals surface area (Å²) in [5, 5.41) is 3.37. The van der Waals surface area contributed by atoms with Crippen molar-refractivity contribution in [1.82, 2.24) is 9.55 Å². The molecule has 0 aliphatic carbocycles. The average molecular weight is 291 g/mol. The zero-order chi connectivity index (χ0) is 14.5. The van der Waals surface area contributed by atoms with Crippen LogP contribution in [0.3, 0.4) is 0 Å². The van der Waals surface area contributed by atoms with E-state index in [4.69, 9.17) is 0 Å². The van der Waals surface area contributed by atoms with Crippen LogP contribution in [0.1, 0.15) is 31.3 Å². The molecule has 0 amide bonds. The molecule has 1 atom stereocenters. The van der Waals surface area contributed by atoms with Crippen LogP contribution in [-0.2, 0) is 23.1 Å². The Morgan fingerprint density at radius 3 is 2.90 bits per heavy atom. The number of nitrogens with zero attached hydrogens (tertiary/aromatic N) is 2. The van der Waals surface area contributed by atoms with Gasteiger partial charge in [0.2, 0.25) is 0 Å². The highest BCUT2D eigenvalue weighted by Gasteiger charge is 2.05. The molecule has 0 radical (unpaired) electrons. The fraction of sp³-hybridized carbons (Fsp3) is 0.400. The van der Waals surface area contributed by atoms with E-state index in [-0.39, 0.29) is 0 Å². The first kappa shape index (κ1) is 14.8. The summed E-state index contributed by atoms with van der Waals surface area (Å²) in [6.07, 6.45) is 5.55. The SMILES string of the molecule is CC(C)n1ccnc1CNc1cccc(C[S@@](C)=O)c1. The van der Waals surface area contributed by atoms with E-state index >= 15 is 0 Å². The van der Waals surface area contributed by atoms with E-state index in [2.05, 4.69) is 28.7 Å². The molecule has 0 aliphatic heterocycles. The van der Waals surface area contributed by atoms with E-state index in [1.54, 1.807) is 6.26 Å². The predicted molar refractivity (Wildman–Crippen MR) is 84.2 cm³/mol. The maximum absolute atomic E-state index is 11.3. The molecule has 5 heteroatoms. The van der Waals surface area contributed by atoms with Crippen LogP contribution in [0.5, 0.6) is 0 Å². The lowest BCUT2D eigenvalue weighted by molar-refractivity contribution is 0.573. The molecule has 1 heterocycles. The monoisotopic (exact) mass is 291 g/mol. The van der Waals surface area contributed by atoms with Gasteiger partial charge in [-0.05, 0) is 31.5 Å². The summed E-state index contributed by atoms with van der Waals surface area (Å²) in [4.78, 5) is 4.38. The van der Waals surface area contributed by atoms with Crippen LogP contribution < -0.4 is 5.32 Å². The van der Waals surface area contributed by atoms with E-state index in [1.807, 2.05) is 36.7 Å². The molecular weight excluding hydrogens is 270 g/mol. The van der Waals surface area contributed by atoms with Gasteiger partial charge in [0.15, 0.2) is 0 Å². The molecule has 108 valence electrons. The second-order valence-corrected chi connectivity index (χ2v) is 6.55. The smallest absolute Gasteiger partial charge is 0.128 e. The Morgan fingerprint density at radius 2 is 2.20 bits per heavy atom. The topological polar surface area (TPSA) is 46.9 Å². The third-order valence-corrected chi connectivity index (χ3v) is 3.79. The Bertz CT molecular complexity index is 592. The molecular formula is C15H21N3OS. The van der Waals surface area contributed by atoms with Gasteiger partial charge in [0.25, 0.3) is 0 Å². The summed E-state index contributed by atoms with van der Waals surface area (Å²) in [6.45, 7) is 4.97. The van der Waals surface area contributed by atoms with Gasteiger partial charge in [0.05, 0.1) is 6.54 Å². The summed E-state index contributed by atoms with van der Waals surface area (Å²) in [5.41, 5.74) is 2.12. The van der Waals surface area contributed by atoms with Gasteiger partial charge in [-0.2, -0.15) is 0 Å². The van der Waals surface area contributed by atoms with Crippen molar-refractivity contribution in [2.75, 3.05) is 11.6 Å². The molecule has 0 aliphatic rings. The Kier molecular flexibility index (Phi) is 4.95. The van der Waals surface area contributed by atoms with Gasteiger partial charge in [-0.3, -0.25) is 4.21 Å². The molecule has 2 aromatic rings. The minimum Gasteiger partial charge on any atom is -0.378 e. The third kappa shape index (κ3) is 3.93. The Hall–Kier alpha value is -1.62. The zero-order valence-electron chi connectivity index (χ0n) is 12.2. The first-order chi connectivity index (χ1) is 9.56. The Morgan fingerprint density at radius 1 is 1.40 bits per heavy atom. The van der Waals surface area contributed by atoms with Crippen LogP contribution in [0.15, 0.2) is 36.7 Å². The van der Waals surface area contributed by atoms with Gasteiger partial charge >= 0.3 is 0 Å². The van der Waals surface area contributed by atoms with Crippen molar-refractivity contribution in [1.29, 1.82) is 0 Å². The van der Waals surface area contributed by atoms with Crippen LogP contribution in [-0.4, -0.2) is 20.0 Å². The van der Waals surface area contributed by atoms with Crippen molar-refractivity contribution in [3.8, 4) is 0 Å². The normalized spacial score (nSPS) is 12.6. The highest BCUT2D eigenvalue weighted by molar-refractivity contribution is 7.83. The number of hydrogen-bond donors (Lipinski definition) is 1. The Balaban J connectivity index is 2.03. The maximum Gasteiger partial charge on any atom is 0.128 e. The number of benzene rings is 1. The van der Waals surface area contributed by atoms with E-state index < -0.39 is 10.8 Å². The molecule has 0 spiro atoms. The third-order valence-electron chi connectivity index (χ3n) is 3.05. The number of imidazole rings is 1. The number of anilines is 1. The second kappa shape index (κ2) is 6.70. The molecule has 2 rings (SSSR count). The predicted octanol–water partition coefficient (Wildman–Crippen LogP) is 2.95. The van der Waals surface area contributed by atoms with Gasteiger partial charge in [0.1, 0.15) is 5.82 Å². The van der Waals surface area contributed by atoms with Crippen LogP contribution in [0.4, 0.5) is 5.69 Å². The highest BCUT2D eigenvalue weighted by Crippen LogP contribution is 2.14. The van der Waals surface area contributed by atoms with E-state index in [0.29, 0.717) is 18.3 Å². The van der Waals surface area contributed by atoms with Gasteiger partial charge < -0.3 is 9.88 Å². The number of hydrogen-bond acceptors (Lipinski definition) is 3. The second-order valence-electron chi connectivity index (χ2n) is 5.12. The van der Waals surface area contributed by atoms with E-state index in [1.165, 1.54) is 0 Å². The molecule has 0 unspecified atom stereocenters. The maximum atomic E-state index is 11.3. The quantitative estimate of drug-likeness (QED) is 0.890. The lowest BCUT2D eigenvalue weighted by Crippen LogP contribution is -2.10. The fourth-order valence-electron chi connectivity index (χ4n) is 2.14. The standard InChI is InChI=1S/C15H21N3OS/c1-12(2)18-8-7-16-15(18)10-17-14-6-4-5-13(9-14)11-20(3)19/h4-9,12,17H,10-11H2,1-3H3/t20-/m1/s1. The highest BCUT2D eigenvalue weighted by atomic mass is 32.2. The van der Waals surface area contributed by atoms with Crippen molar-refractivity contribution < 1.29 is 4.21 Å². The summed E-state index contributed by atoms with van der Waals surface area (Å²) in [5.74, 6) is 1.61. The van der Waals surface area contributed by atoms with Crippen LogP contribution in [0.25, 0.3) is 0 Å². The van der Waals surface area contributed by atoms with Gasteiger partial charge in [0, 0.05) is 46.9 Å². The molecule has 1 aromatic carbocycles. The molecule has 0 bridgehead atoms. The van der Waals surface area contributed by atoms with Crippen LogP contribution >= 0.6 is 0 Å². The minimum atomic E-state index is -0.812. The van der Waals surface area contributed by atoms with Crippen LogP contribution in [0.2, 0.25) is 0 Å². The molecule has 0 saturated heterocycles. The van der Waals surface area contributed by atoms with Gasteiger partial charge in [-0.25, -0.2) is 4.98 Å². The molecule has 1 aromatic heterocycles. The average Bonchev–Trinajstić information content (AvgIpc) is 2.84. The van der Waals surface area contributed by atoms with Gasteiger partial charge in [-0.1, -0.05) is 12.1 Å². The largest absolute Gasteiger partial charge is 0.378 e. The van der Waals surface area contributed by atoms with Crippen molar-refractivity contribution in [2.24, 2.45) is 0 Å². The van der Waals surface area contributed by atoms with Crippen molar-refractivity contribution in [3.63, 3.8) is 0 Å².